The summed E-state index contributed by atoms with van der Waals surface area (Å²) in [7, 11) is -2.22. The number of rotatable bonds is 4. The Morgan fingerprint density at radius 2 is 1.57 bits per heavy atom. The summed E-state index contributed by atoms with van der Waals surface area (Å²) in [4.78, 5) is 13.3. The number of aromatic nitrogens is 2. The third kappa shape index (κ3) is 3.81. The lowest BCUT2D eigenvalue weighted by Crippen LogP contribution is -2.24. The summed E-state index contributed by atoms with van der Waals surface area (Å²) in [5.41, 5.74) is 3.14. The molecule has 30 heavy (non-hydrogen) atoms. The van der Waals surface area contributed by atoms with E-state index in [1.807, 2.05) is 52.0 Å². The van der Waals surface area contributed by atoms with E-state index in [-0.39, 0.29) is 16.0 Å². The van der Waals surface area contributed by atoms with Gasteiger partial charge in [0.25, 0.3) is 15.6 Å². The molecule has 160 valence electrons. The molecule has 0 amide bonds. The Labute approximate surface area is 178 Å². The van der Waals surface area contributed by atoms with Crippen molar-refractivity contribution in [3.05, 3.63) is 75.2 Å². The molecule has 1 heterocycles. The highest BCUT2D eigenvalue weighted by molar-refractivity contribution is 7.92. The molecule has 0 unspecified atom stereocenters. The van der Waals surface area contributed by atoms with Gasteiger partial charge in [-0.1, -0.05) is 45.0 Å². The van der Waals surface area contributed by atoms with Gasteiger partial charge in [-0.15, -0.1) is 0 Å². The molecule has 0 aliphatic carbocycles. The second-order valence-corrected chi connectivity index (χ2v) is 10.4. The fraction of sp³-hybridized carbons (Fsp3) is 0.348. The summed E-state index contributed by atoms with van der Waals surface area (Å²) in [5, 5.41) is 0. The van der Waals surface area contributed by atoms with E-state index in [0.29, 0.717) is 16.9 Å². The van der Waals surface area contributed by atoms with E-state index in [1.54, 1.807) is 43.8 Å². The van der Waals surface area contributed by atoms with Gasteiger partial charge in [-0.3, -0.25) is 14.2 Å². The summed E-state index contributed by atoms with van der Waals surface area (Å²) in [6, 6.07) is 12.9. The van der Waals surface area contributed by atoms with Gasteiger partial charge in [-0.25, -0.2) is 13.1 Å². The fourth-order valence-corrected chi connectivity index (χ4v) is 4.87. The van der Waals surface area contributed by atoms with Crippen molar-refractivity contribution in [1.82, 2.24) is 9.36 Å². The molecule has 0 aliphatic rings. The monoisotopic (exact) mass is 427 g/mol. The van der Waals surface area contributed by atoms with Crippen molar-refractivity contribution in [3.8, 4) is 5.69 Å². The van der Waals surface area contributed by atoms with E-state index in [1.165, 1.54) is 4.68 Å². The van der Waals surface area contributed by atoms with Crippen molar-refractivity contribution in [2.75, 3.05) is 4.72 Å². The first-order valence-electron chi connectivity index (χ1n) is 9.83. The highest BCUT2D eigenvalue weighted by atomic mass is 32.2. The van der Waals surface area contributed by atoms with Crippen LogP contribution in [0.5, 0.6) is 0 Å². The summed E-state index contributed by atoms with van der Waals surface area (Å²) < 4.78 is 32.4. The lowest BCUT2D eigenvalue weighted by Gasteiger charge is -2.22. The summed E-state index contributed by atoms with van der Waals surface area (Å²) in [6.07, 6.45) is 0. The van der Waals surface area contributed by atoms with Crippen LogP contribution in [-0.2, 0) is 22.5 Å². The number of hydrogen-bond donors (Lipinski definition) is 1. The molecule has 0 aliphatic heterocycles. The molecule has 3 rings (SSSR count). The fourth-order valence-electron chi connectivity index (χ4n) is 3.41. The molecule has 2 aromatic carbocycles. The lowest BCUT2D eigenvalue weighted by molar-refractivity contribution is 0.583. The van der Waals surface area contributed by atoms with E-state index in [9.17, 15) is 13.2 Å². The molecule has 3 aromatic rings. The van der Waals surface area contributed by atoms with Crippen LogP contribution < -0.4 is 10.3 Å². The minimum Gasteiger partial charge on any atom is -0.283 e. The molecule has 0 fully saturated rings. The molecule has 0 spiro atoms. The Morgan fingerprint density at radius 1 is 0.967 bits per heavy atom. The second kappa shape index (κ2) is 7.47. The predicted octanol–water partition coefficient (Wildman–Crippen LogP) is 4.20. The quantitative estimate of drug-likeness (QED) is 0.678. The molecule has 0 atom stereocenters. The Morgan fingerprint density at radius 3 is 2.13 bits per heavy atom. The maximum Gasteiger partial charge on any atom is 0.296 e. The number of anilines is 1. The van der Waals surface area contributed by atoms with Gasteiger partial charge in [-0.2, -0.15) is 0 Å². The molecule has 0 saturated carbocycles. The van der Waals surface area contributed by atoms with Crippen molar-refractivity contribution >= 4 is 15.7 Å². The van der Waals surface area contributed by atoms with Gasteiger partial charge in [-0.05, 0) is 61.1 Å². The van der Waals surface area contributed by atoms with Crippen molar-refractivity contribution in [2.45, 2.75) is 51.9 Å². The molecule has 0 bridgehead atoms. The first-order valence-corrected chi connectivity index (χ1v) is 11.3. The van der Waals surface area contributed by atoms with Crippen LogP contribution in [0, 0.1) is 20.8 Å². The Kier molecular flexibility index (Phi) is 5.45. The van der Waals surface area contributed by atoms with Gasteiger partial charge in [0.1, 0.15) is 5.69 Å². The van der Waals surface area contributed by atoms with Gasteiger partial charge in [0.15, 0.2) is 0 Å². The van der Waals surface area contributed by atoms with Crippen LogP contribution in [0.4, 0.5) is 5.69 Å². The first-order chi connectivity index (χ1) is 13.8. The first kappa shape index (κ1) is 21.9. The molecule has 7 heteroatoms. The Balaban J connectivity index is 2.14. The van der Waals surface area contributed by atoms with Gasteiger partial charge in [0.05, 0.1) is 16.3 Å². The van der Waals surface area contributed by atoms with Crippen LogP contribution in [0.2, 0.25) is 0 Å². The molecular formula is C23H29N3O3S. The number of hydrogen-bond acceptors (Lipinski definition) is 3. The van der Waals surface area contributed by atoms with Crippen LogP contribution in [-0.4, -0.2) is 17.8 Å². The number of aryl methyl sites for hydroxylation is 1. The van der Waals surface area contributed by atoms with Crippen LogP contribution in [0.3, 0.4) is 0 Å². The van der Waals surface area contributed by atoms with E-state index < -0.39 is 15.6 Å². The van der Waals surface area contributed by atoms with Gasteiger partial charge < -0.3 is 0 Å². The van der Waals surface area contributed by atoms with Gasteiger partial charge in [0.2, 0.25) is 0 Å². The second-order valence-electron chi connectivity index (χ2n) is 8.71. The minimum atomic E-state index is -3.96. The number of benzene rings is 2. The summed E-state index contributed by atoms with van der Waals surface area (Å²) in [5.74, 6) is 0. The Bertz CT molecular complexity index is 1260. The van der Waals surface area contributed by atoms with E-state index in [0.717, 1.165) is 11.1 Å². The maximum atomic E-state index is 13.3. The van der Waals surface area contributed by atoms with Crippen LogP contribution >= 0.6 is 0 Å². The van der Waals surface area contributed by atoms with Gasteiger partial charge >= 0.3 is 0 Å². The van der Waals surface area contributed by atoms with Crippen LogP contribution in [0.1, 0.15) is 43.2 Å². The SMILES string of the molecule is Cc1cc(C(C)(C)C)cc(S(=O)(=O)Nc2c(C)n(C)n(-c3ccccc3)c2=O)c1C. The van der Waals surface area contributed by atoms with Crippen molar-refractivity contribution in [1.29, 1.82) is 0 Å². The highest BCUT2D eigenvalue weighted by Gasteiger charge is 2.26. The number of nitrogens with zero attached hydrogens (tertiary/aromatic N) is 2. The number of nitrogens with one attached hydrogen (secondary N) is 1. The topological polar surface area (TPSA) is 73.1 Å². The average Bonchev–Trinajstić information content (AvgIpc) is 2.86. The maximum absolute atomic E-state index is 13.3. The third-order valence-corrected chi connectivity index (χ3v) is 7.04. The highest BCUT2D eigenvalue weighted by Crippen LogP contribution is 2.30. The van der Waals surface area contributed by atoms with Crippen LogP contribution in [0.15, 0.2) is 52.2 Å². The molecule has 1 aromatic heterocycles. The zero-order chi connectivity index (χ0) is 22.4. The van der Waals surface area contributed by atoms with E-state index >= 15 is 0 Å². The molecular weight excluding hydrogens is 398 g/mol. The van der Waals surface area contributed by atoms with Crippen LogP contribution in [0.25, 0.3) is 5.69 Å². The lowest BCUT2D eigenvalue weighted by atomic mass is 9.85. The van der Waals surface area contributed by atoms with Crippen molar-refractivity contribution < 1.29 is 8.42 Å². The molecule has 0 radical (unpaired) electrons. The standard InChI is InChI=1S/C23H29N3O3S/c1-15-13-18(23(4,5)6)14-20(16(15)2)30(28,29)24-21-17(3)25(7)26(22(21)27)19-11-9-8-10-12-19/h8-14,24H,1-7H3. The normalized spacial score (nSPS) is 12.2. The van der Waals surface area contributed by atoms with E-state index in [2.05, 4.69) is 4.72 Å². The molecule has 0 saturated heterocycles. The number of para-hydroxylation sites is 1. The average molecular weight is 428 g/mol. The largest absolute Gasteiger partial charge is 0.296 e. The summed E-state index contributed by atoms with van der Waals surface area (Å²) in [6.45, 7) is 11.5. The predicted molar refractivity (Wildman–Crippen MR) is 121 cm³/mol. The van der Waals surface area contributed by atoms with E-state index in [4.69, 9.17) is 0 Å². The summed E-state index contributed by atoms with van der Waals surface area (Å²) >= 11 is 0. The van der Waals surface area contributed by atoms with Crippen molar-refractivity contribution in [3.63, 3.8) is 0 Å². The van der Waals surface area contributed by atoms with Crippen molar-refractivity contribution in [2.24, 2.45) is 7.05 Å². The zero-order valence-corrected chi connectivity index (χ0v) is 19.4. The molecule has 1 N–H and O–H groups in total. The third-order valence-electron chi connectivity index (χ3n) is 5.57. The minimum absolute atomic E-state index is 0.0552. The zero-order valence-electron chi connectivity index (χ0n) is 18.6. The smallest absolute Gasteiger partial charge is 0.283 e. The molecule has 6 nitrogen and oxygen atoms in total. The van der Waals surface area contributed by atoms with Gasteiger partial charge in [0, 0.05) is 7.05 Å². The number of sulfonamides is 1. The Hall–Kier alpha value is -2.80.